The summed E-state index contributed by atoms with van der Waals surface area (Å²) in [6.45, 7) is 5.67. The fourth-order valence-electron chi connectivity index (χ4n) is 3.14. The zero-order chi connectivity index (χ0) is 17.1. The van der Waals surface area contributed by atoms with E-state index >= 15 is 0 Å². The number of anilines is 1. The first-order chi connectivity index (χ1) is 11.6. The maximum Gasteiger partial charge on any atom is 0.224 e. The van der Waals surface area contributed by atoms with Gasteiger partial charge in [-0.3, -0.25) is 9.78 Å². The lowest BCUT2D eigenvalue weighted by atomic mass is 9.97. The van der Waals surface area contributed by atoms with Crippen LogP contribution in [0.4, 0.5) is 5.82 Å². The van der Waals surface area contributed by atoms with Gasteiger partial charge < -0.3 is 10.2 Å². The van der Waals surface area contributed by atoms with Gasteiger partial charge in [0.1, 0.15) is 5.82 Å². The first-order valence-corrected chi connectivity index (χ1v) is 8.32. The number of hydrogen-bond donors (Lipinski definition) is 1. The van der Waals surface area contributed by atoms with Crippen molar-refractivity contribution in [3.05, 3.63) is 35.8 Å². The molecule has 2 aromatic rings. The number of aryl methyl sites for hydroxylation is 1. The first kappa shape index (κ1) is 16.4. The Labute approximate surface area is 142 Å². The van der Waals surface area contributed by atoms with Gasteiger partial charge in [0, 0.05) is 49.4 Å². The first-order valence-electron chi connectivity index (χ1n) is 8.32. The van der Waals surface area contributed by atoms with Crippen molar-refractivity contribution in [3.63, 3.8) is 0 Å². The molecule has 0 bridgehead atoms. The molecule has 0 aromatic carbocycles. The second-order valence-corrected chi connectivity index (χ2v) is 6.22. The highest BCUT2D eigenvalue weighted by Gasteiger charge is 2.27. The van der Waals surface area contributed by atoms with E-state index in [0.29, 0.717) is 12.4 Å². The molecule has 0 radical (unpaired) electrons. The van der Waals surface area contributed by atoms with E-state index in [1.807, 2.05) is 26.0 Å². The Morgan fingerprint density at radius 1 is 1.25 bits per heavy atom. The van der Waals surface area contributed by atoms with E-state index in [1.165, 1.54) is 0 Å². The van der Waals surface area contributed by atoms with Crippen molar-refractivity contribution in [3.8, 4) is 11.4 Å². The van der Waals surface area contributed by atoms with Gasteiger partial charge in [0.05, 0.1) is 5.92 Å². The van der Waals surface area contributed by atoms with Crippen LogP contribution < -0.4 is 10.2 Å². The maximum absolute atomic E-state index is 12.0. The number of piperidine rings is 1. The Morgan fingerprint density at radius 3 is 2.71 bits per heavy atom. The van der Waals surface area contributed by atoms with E-state index in [1.54, 1.807) is 19.4 Å². The van der Waals surface area contributed by atoms with Gasteiger partial charge in [-0.1, -0.05) is 0 Å². The summed E-state index contributed by atoms with van der Waals surface area (Å²) in [6.07, 6.45) is 5.41. The molecule has 1 unspecified atom stereocenters. The van der Waals surface area contributed by atoms with Crippen LogP contribution in [0.1, 0.15) is 24.1 Å². The normalized spacial score (nSPS) is 17.6. The maximum atomic E-state index is 12.0. The van der Waals surface area contributed by atoms with Gasteiger partial charge in [0.2, 0.25) is 5.91 Å². The molecule has 1 aliphatic heterocycles. The molecule has 24 heavy (non-hydrogen) atoms. The van der Waals surface area contributed by atoms with Crippen molar-refractivity contribution in [1.82, 2.24) is 20.3 Å². The molecule has 1 amide bonds. The van der Waals surface area contributed by atoms with Crippen molar-refractivity contribution in [2.75, 3.05) is 25.0 Å². The SMILES string of the molecule is CNC(=O)C1CCCN(c2nc(-c3ccncc3)nc(C)c2C)C1. The highest BCUT2D eigenvalue weighted by atomic mass is 16.1. The van der Waals surface area contributed by atoms with Gasteiger partial charge in [0.25, 0.3) is 0 Å². The van der Waals surface area contributed by atoms with E-state index in [0.717, 1.165) is 42.0 Å². The lowest BCUT2D eigenvalue weighted by Crippen LogP contribution is -2.42. The molecular formula is C18H23N5O. The average Bonchev–Trinajstić information content (AvgIpc) is 2.64. The summed E-state index contributed by atoms with van der Waals surface area (Å²) in [5.41, 5.74) is 2.99. The predicted molar refractivity (Wildman–Crippen MR) is 93.7 cm³/mol. The molecule has 0 spiro atoms. The Bertz CT molecular complexity index is 732. The minimum Gasteiger partial charge on any atom is -0.359 e. The van der Waals surface area contributed by atoms with E-state index in [-0.39, 0.29) is 11.8 Å². The fraction of sp³-hybridized carbons (Fsp3) is 0.444. The summed E-state index contributed by atoms with van der Waals surface area (Å²) in [5.74, 6) is 1.76. The molecule has 126 valence electrons. The molecule has 3 rings (SSSR count). The van der Waals surface area contributed by atoms with Crippen LogP contribution in [0, 0.1) is 19.8 Å². The number of hydrogen-bond acceptors (Lipinski definition) is 5. The number of carbonyl (C=O) groups is 1. The fourth-order valence-corrected chi connectivity index (χ4v) is 3.14. The molecule has 1 aliphatic rings. The lowest BCUT2D eigenvalue weighted by molar-refractivity contribution is -0.124. The third-order valence-corrected chi connectivity index (χ3v) is 4.64. The van der Waals surface area contributed by atoms with Crippen LogP contribution in [0.3, 0.4) is 0 Å². The minimum atomic E-state index is 0.0165. The summed E-state index contributed by atoms with van der Waals surface area (Å²) < 4.78 is 0. The van der Waals surface area contributed by atoms with Crippen LogP contribution >= 0.6 is 0 Å². The summed E-state index contributed by atoms with van der Waals surface area (Å²) in [5, 5.41) is 2.76. The average molecular weight is 325 g/mol. The Morgan fingerprint density at radius 2 is 2.00 bits per heavy atom. The number of rotatable bonds is 3. The lowest BCUT2D eigenvalue weighted by Gasteiger charge is -2.33. The van der Waals surface area contributed by atoms with Crippen molar-refractivity contribution in [1.29, 1.82) is 0 Å². The molecule has 0 aliphatic carbocycles. The highest BCUT2D eigenvalue weighted by molar-refractivity contribution is 5.79. The molecule has 2 aromatic heterocycles. The summed E-state index contributed by atoms with van der Waals surface area (Å²) in [4.78, 5) is 27.7. The third-order valence-electron chi connectivity index (χ3n) is 4.64. The van der Waals surface area contributed by atoms with E-state index in [4.69, 9.17) is 4.98 Å². The van der Waals surface area contributed by atoms with Gasteiger partial charge in [-0.15, -0.1) is 0 Å². The minimum absolute atomic E-state index is 0.0165. The standard InChI is InChI=1S/C18H23N5O/c1-12-13(2)21-16(14-6-8-20-9-7-14)22-17(12)23-10-4-5-15(11-23)18(24)19-3/h6-9,15H,4-5,10-11H2,1-3H3,(H,19,24). The van der Waals surface area contributed by atoms with Crippen LogP contribution in [0.5, 0.6) is 0 Å². The van der Waals surface area contributed by atoms with Crippen molar-refractivity contribution in [2.45, 2.75) is 26.7 Å². The Balaban J connectivity index is 1.95. The van der Waals surface area contributed by atoms with Gasteiger partial charge in [0.15, 0.2) is 5.82 Å². The second kappa shape index (κ2) is 6.95. The number of carbonyl (C=O) groups excluding carboxylic acids is 1. The Hall–Kier alpha value is -2.50. The summed E-state index contributed by atoms with van der Waals surface area (Å²) in [7, 11) is 1.70. The predicted octanol–water partition coefficient (Wildman–Crippen LogP) is 2.12. The number of nitrogens with one attached hydrogen (secondary N) is 1. The molecule has 6 heteroatoms. The van der Waals surface area contributed by atoms with E-state index in [9.17, 15) is 4.79 Å². The van der Waals surface area contributed by atoms with Gasteiger partial charge >= 0.3 is 0 Å². The van der Waals surface area contributed by atoms with Crippen molar-refractivity contribution >= 4 is 11.7 Å². The number of aromatic nitrogens is 3. The number of amides is 1. The molecule has 1 N–H and O–H groups in total. The topological polar surface area (TPSA) is 71.0 Å². The van der Waals surface area contributed by atoms with Gasteiger partial charge in [-0.05, 0) is 38.8 Å². The summed E-state index contributed by atoms with van der Waals surface area (Å²) in [6, 6.07) is 3.83. The van der Waals surface area contributed by atoms with E-state index in [2.05, 4.69) is 20.2 Å². The van der Waals surface area contributed by atoms with Crippen molar-refractivity contribution < 1.29 is 4.79 Å². The molecule has 3 heterocycles. The molecule has 1 saturated heterocycles. The van der Waals surface area contributed by atoms with E-state index < -0.39 is 0 Å². The molecule has 0 saturated carbocycles. The molecule has 1 atom stereocenters. The summed E-state index contributed by atoms with van der Waals surface area (Å²) >= 11 is 0. The molecule has 6 nitrogen and oxygen atoms in total. The van der Waals surface area contributed by atoms with Crippen LogP contribution in [-0.4, -0.2) is 41.0 Å². The van der Waals surface area contributed by atoms with Crippen molar-refractivity contribution in [2.24, 2.45) is 5.92 Å². The van der Waals surface area contributed by atoms with Gasteiger partial charge in [-0.2, -0.15) is 0 Å². The van der Waals surface area contributed by atoms with Crippen LogP contribution in [0.25, 0.3) is 11.4 Å². The zero-order valence-electron chi connectivity index (χ0n) is 14.4. The van der Waals surface area contributed by atoms with Gasteiger partial charge in [-0.25, -0.2) is 9.97 Å². The smallest absolute Gasteiger partial charge is 0.224 e. The second-order valence-electron chi connectivity index (χ2n) is 6.22. The number of nitrogens with zero attached hydrogens (tertiary/aromatic N) is 4. The van der Waals surface area contributed by atoms with Crippen LogP contribution in [-0.2, 0) is 4.79 Å². The van der Waals surface area contributed by atoms with Crippen LogP contribution in [0.15, 0.2) is 24.5 Å². The number of pyridine rings is 1. The zero-order valence-corrected chi connectivity index (χ0v) is 14.4. The monoisotopic (exact) mass is 325 g/mol. The third kappa shape index (κ3) is 3.22. The largest absolute Gasteiger partial charge is 0.359 e. The molecular weight excluding hydrogens is 302 g/mol. The van der Waals surface area contributed by atoms with Crippen LogP contribution in [0.2, 0.25) is 0 Å². The Kier molecular flexibility index (Phi) is 4.74. The quantitative estimate of drug-likeness (QED) is 0.936. The molecule has 1 fully saturated rings. The highest BCUT2D eigenvalue weighted by Crippen LogP contribution is 2.28.